The van der Waals surface area contributed by atoms with Crippen LogP contribution in [0.1, 0.15) is 39.2 Å². The van der Waals surface area contributed by atoms with Crippen molar-refractivity contribution in [2.75, 3.05) is 19.6 Å². The monoisotopic (exact) mass is 407 g/mol. The summed E-state index contributed by atoms with van der Waals surface area (Å²) in [5.74, 6) is 1.67. The van der Waals surface area contributed by atoms with Gasteiger partial charge in [0.2, 0.25) is 0 Å². The van der Waals surface area contributed by atoms with Gasteiger partial charge in [-0.1, -0.05) is 13.8 Å². The van der Waals surface area contributed by atoms with Crippen LogP contribution in [0.15, 0.2) is 17.4 Å². The Labute approximate surface area is 146 Å². The van der Waals surface area contributed by atoms with E-state index in [0.29, 0.717) is 0 Å². The molecule has 0 aliphatic carbocycles. The molecule has 0 bridgehead atoms. The topological polar surface area (TPSA) is 54.2 Å². The summed E-state index contributed by atoms with van der Waals surface area (Å²) in [7, 11) is 1.94. The van der Waals surface area contributed by atoms with Crippen LogP contribution in [-0.2, 0) is 13.5 Å². The lowest BCUT2D eigenvalue weighted by molar-refractivity contribution is 0.560. The minimum atomic E-state index is 0. The molecule has 5 nitrogen and oxygen atoms in total. The third-order valence-corrected chi connectivity index (χ3v) is 3.02. The summed E-state index contributed by atoms with van der Waals surface area (Å²) in [5, 5.41) is 10.8. The number of aromatic nitrogens is 2. The average molecular weight is 407 g/mol. The number of nitrogens with one attached hydrogen (secondary N) is 2. The van der Waals surface area contributed by atoms with E-state index in [1.54, 1.807) is 0 Å². The normalized spacial score (nSPS) is 11.4. The zero-order valence-corrected chi connectivity index (χ0v) is 16.1. The molecule has 0 amide bonds. The minimum absolute atomic E-state index is 0. The van der Waals surface area contributed by atoms with Crippen LogP contribution in [0.4, 0.5) is 0 Å². The molecule has 0 aliphatic rings. The number of aliphatic imine (C=N–C) groups is 1. The first-order chi connectivity index (χ1) is 9.61. The molecule has 1 aromatic rings. The van der Waals surface area contributed by atoms with E-state index in [9.17, 15) is 0 Å². The minimum Gasteiger partial charge on any atom is -0.357 e. The Hall–Kier alpha value is -0.790. The molecule has 1 rings (SSSR count). The lowest BCUT2D eigenvalue weighted by Gasteiger charge is -2.11. The van der Waals surface area contributed by atoms with Crippen molar-refractivity contribution in [3.05, 3.63) is 18.0 Å². The second-order valence-electron chi connectivity index (χ2n) is 5.50. The van der Waals surface area contributed by atoms with Crippen LogP contribution in [0, 0.1) is 5.92 Å². The summed E-state index contributed by atoms with van der Waals surface area (Å²) < 4.78 is 1.83. The van der Waals surface area contributed by atoms with Crippen LogP contribution in [-0.4, -0.2) is 35.4 Å². The molecule has 21 heavy (non-hydrogen) atoms. The third kappa shape index (κ3) is 9.71. The molecule has 1 aromatic heterocycles. The Morgan fingerprint density at radius 3 is 2.71 bits per heavy atom. The third-order valence-electron chi connectivity index (χ3n) is 3.02. The molecule has 0 saturated carbocycles. The van der Waals surface area contributed by atoms with E-state index in [1.807, 2.05) is 24.1 Å². The van der Waals surface area contributed by atoms with Crippen LogP contribution < -0.4 is 10.6 Å². The number of nitrogens with zero attached hydrogens (tertiary/aromatic N) is 3. The molecule has 0 atom stereocenters. The lowest BCUT2D eigenvalue weighted by atomic mass is 10.1. The Kier molecular flexibility index (Phi) is 11.4. The second kappa shape index (κ2) is 11.8. The number of hydrogen-bond acceptors (Lipinski definition) is 2. The molecule has 0 unspecified atom stereocenters. The van der Waals surface area contributed by atoms with Gasteiger partial charge in [0.1, 0.15) is 0 Å². The molecule has 6 heteroatoms. The predicted molar refractivity (Wildman–Crippen MR) is 100 cm³/mol. The highest BCUT2D eigenvalue weighted by molar-refractivity contribution is 14.0. The highest BCUT2D eigenvalue weighted by Crippen LogP contribution is 2.02. The van der Waals surface area contributed by atoms with Gasteiger partial charge < -0.3 is 10.6 Å². The van der Waals surface area contributed by atoms with Crippen molar-refractivity contribution in [2.24, 2.45) is 18.0 Å². The van der Waals surface area contributed by atoms with Gasteiger partial charge in [0.25, 0.3) is 0 Å². The predicted octanol–water partition coefficient (Wildman–Crippen LogP) is 2.57. The van der Waals surface area contributed by atoms with Gasteiger partial charge in [0.15, 0.2) is 5.96 Å². The van der Waals surface area contributed by atoms with Crippen molar-refractivity contribution >= 4 is 29.9 Å². The van der Waals surface area contributed by atoms with Crippen molar-refractivity contribution in [3.8, 4) is 0 Å². The van der Waals surface area contributed by atoms with Crippen molar-refractivity contribution in [1.82, 2.24) is 20.4 Å². The van der Waals surface area contributed by atoms with E-state index in [1.165, 1.54) is 12.0 Å². The fourth-order valence-corrected chi connectivity index (χ4v) is 1.96. The fraction of sp³-hybridized carbons (Fsp3) is 0.733. The molecular formula is C15H30IN5. The first kappa shape index (κ1) is 20.2. The van der Waals surface area contributed by atoms with Gasteiger partial charge in [-0.3, -0.25) is 9.67 Å². The highest BCUT2D eigenvalue weighted by atomic mass is 127. The first-order valence-electron chi connectivity index (χ1n) is 7.61. The number of aryl methyl sites for hydroxylation is 1. The van der Waals surface area contributed by atoms with Gasteiger partial charge in [0, 0.05) is 32.9 Å². The SMILES string of the molecule is CCNC(=NCCCC(C)C)NCCc1cnn(C)c1.I. The van der Waals surface area contributed by atoms with Gasteiger partial charge in [-0.15, -0.1) is 24.0 Å². The van der Waals surface area contributed by atoms with E-state index < -0.39 is 0 Å². The lowest BCUT2D eigenvalue weighted by Crippen LogP contribution is -2.38. The van der Waals surface area contributed by atoms with Gasteiger partial charge in [-0.05, 0) is 37.7 Å². The average Bonchev–Trinajstić information content (AvgIpc) is 2.80. The van der Waals surface area contributed by atoms with Gasteiger partial charge >= 0.3 is 0 Å². The van der Waals surface area contributed by atoms with Crippen LogP contribution >= 0.6 is 24.0 Å². The van der Waals surface area contributed by atoms with E-state index in [4.69, 9.17) is 0 Å². The second-order valence-corrected chi connectivity index (χ2v) is 5.50. The van der Waals surface area contributed by atoms with Crippen molar-refractivity contribution in [1.29, 1.82) is 0 Å². The standard InChI is InChI=1S/C15H29N5.HI/c1-5-16-15(17-9-6-7-13(2)3)18-10-8-14-11-19-20(4)12-14;/h11-13H,5-10H2,1-4H3,(H2,16,17,18);1H. The van der Waals surface area contributed by atoms with Crippen LogP contribution in [0.25, 0.3) is 0 Å². The number of guanidine groups is 1. The zero-order valence-electron chi connectivity index (χ0n) is 13.7. The fourth-order valence-electron chi connectivity index (χ4n) is 1.96. The number of halogens is 1. The van der Waals surface area contributed by atoms with E-state index in [2.05, 4.69) is 41.5 Å². The van der Waals surface area contributed by atoms with E-state index in [-0.39, 0.29) is 24.0 Å². The Bertz CT molecular complexity index is 401. The molecule has 0 spiro atoms. The van der Waals surface area contributed by atoms with Crippen LogP contribution in [0.2, 0.25) is 0 Å². The first-order valence-corrected chi connectivity index (χ1v) is 7.61. The highest BCUT2D eigenvalue weighted by Gasteiger charge is 1.99. The molecule has 0 aliphatic heterocycles. The quantitative estimate of drug-likeness (QED) is 0.302. The molecule has 0 aromatic carbocycles. The van der Waals surface area contributed by atoms with Crippen LogP contribution in [0.5, 0.6) is 0 Å². The van der Waals surface area contributed by atoms with E-state index >= 15 is 0 Å². The van der Waals surface area contributed by atoms with E-state index in [0.717, 1.165) is 44.4 Å². The van der Waals surface area contributed by atoms with Crippen molar-refractivity contribution in [2.45, 2.75) is 40.0 Å². The molecule has 122 valence electrons. The van der Waals surface area contributed by atoms with Crippen LogP contribution in [0.3, 0.4) is 0 Å². The summed E-state index contributed by atoms with van der Waals surface area (Å²) in [4.78, 5) is 4.60. The summed E-state index contributed by atoms with van der Waals surface area (Å²) in [6, 6.07) is 0. The number of hydrogen-bond donors (Lipinski definition) is 2. The largest absolute Gasteiger partial charge is 0.357 e. The molecular weight excluding hydrogens is 377 g/mol. The molecule has 1 heterocycles. The maximum absolute atomic E-state index is 4.60. The molecule has 0 radical (unpaired) electrons. The van der Waals surface area contributed by atoms with Gasteiger partial charge in [-0.2, -0.15) is 5.10 Å². The maximum Gasteiger partial charge on any atom is 0.191 e. The van der Waals surface area contributed by atoms with Gasteiger partial charge in [-0.25, -0.2) is 0 Å². The smallest absolute Gasteiger partial charge is 0.191 e. The Morgan fingerprint density at radius 1 is 1.38 bits per heavy atom. The molecule has 0 fully saturated rings. The molecule has 0 saturated heterocycles. The van der Waals surface area contributed by atoms with Crippen molar-refractivity contribution in [3.63, 3.8) is 0 Å². The number of rotatable bonds is 8. The summed E-state index contributed by atoms with van der Waals surface area (Å²) in [6.07, 6.45) is 7.31. The molecule has 2 N–H and O–H groups in total. The summed E-state index contributed by atoms with van der Waals surface area (Å²) >= 11 is 0. The van der Waals surface area contributed by atoms with Gasteiger partial charge in [0.05, 0.1) is 6.20 Å². The zero-order chi connectivity index (χ0) is 14.8. The Morgan fingerprint density at radius 2 is 2.14 bits per heavy atom. The summed E-state index contributed by atoms with van der Waals surface area (Å²) in [6.45, 7) is 9.25. The maximum atomic E-state index is 4.60. The van der Waals surface area contributed by atoms with Crippen molar-refractivity contribution < 1.29 is 0 Å². The summed E-state index contributed by atoms with van der Waals surface area (Å²) in [5.41, 5.74) is 1.25. The Balaban J connectivity index is 0.00000400.